The molecule has 0 atom stereocenters. The number of hydrogen-bond acceptors (Lipinski definition) is 5. The third-order valence-electron chi connectivity index (χ3n) is 1.99. The van der Waals surface area contributed by atoms with Crippen LogP contribution in [0.15, 0.2) is 29.4 Å². The first-order valence-electron chi connectivity index (χ1n) is 5.98. The number of ether oxygens (including phenoxy) is 2. The van der Waals surface area contributed by atoms with Gasteiger partial charge in [0.1, 0.15) is 5.75 Å². The molecule has 2 amide bonds. The van der Waals surface area contributed by atoms with Gasteiger partial charge in [0.15, 0.2) is 6.61 Å². The lowest BCUT2D eigenvalue weighted by Gasteiger charge is -2.09. The third-order valence-corrected chi connectivity index (χ3v) is 1.99. The second kappa shape index (κ2) is 7.78. The van der Waals surface area contributed by atoms with E-state index in [0.29, 0.717) is 5.75 Å². The van der Waals surface area contributed by atoms with E-state index in [4.69, 9.17) is 15.2 Å². The number of nitrogens with zero attached hydrogens (tertiary/aromatic N) is 1. The largest absolute Gasteiger partial charge is 0.482 e. The lowest BCUT2D eigenvalue weighted by Crippen LogP contribution is -2.24. The molecular formula is C13H17N3O4. The van der Waals surface area contributed by atoms with Crippen LogP contribution >= 0.6 is 0 Å². The second-order valence-corrected chi connectivity index (χ2v) is 4.13. The summed E-state index contributed by atoms with van der Waals surface area (Å²) in [6.45, 7) is 3.40. The maximum absolute atomic E-state index is 11.3. The van der Waals surface area contributed by atoms with Crippen molar-refractivity contribution in [1.29, 1.82) is 0 Å². The molecule has 0 saturated carbocycles. The Balaban J connectivity index is 2.44. The van der Waals surface area contributed by atoms with Gasteiger partial charge in [0.05, 0.1) is 12.3 Å². The van der Waals surface area contributed by atoms with Gasteiger partial charge in [0.25, 0.3) is 0 Å². The number of nitrogens with one attached hydrogen (secondary N) is 1. The molecule has 7 nitrogen and oxygen atoms in total. The van der Waals surface area contributed by atoms with Crippen molar-refractivity contribution in [1.82, 2.24) is 5.43 Å². The van der Waals surface area contributed by atoms with Crippen LogP contribution < -0.4 is 15.9 Å². The zero-order valence-corrected chi connectivity index (χ0v) is 11.3. The normalized spacial score (nSPS) is 10.6. The Hall–Kier alpha value is -2.57. The Labute approximate surface area is 116 Å². The number of carbonyl (C=O) groups is 2. The predicted molar refractivity (Wildman–Crippen MR) is 73.5 cm³/mol. The third kappa shape index (κ3) is 6.39. The summed E-state index contributed by atoms with van der Waals surface area (Å²) in [5, 5.41) is 3.61. The van der Waals surface area contributed by atoms with Gasteiger partial charge in [0.2, 0.25) is 0 Å². The van der Waals surface area contributed by atoms with Crippen molar-refractivity contribution in [3.63, 3.8) is 0 Å². The molecule has 0 bridgehead atoms. The van der Waals surface area contributed by atoms with E-state index in [1.165, 1.54) is 6.21 Å². The van der Waals surface area contributed by atoms with E-state index in [1.807, 2.05) is 0 Å². The van der Waals surface area contributed by atoms with E-state index in [-0.39, 0.29) is 12.7 Å². The van der Waals surface area contributed by atoms with Gasteiger partial charge >= 0.3 is 12.0 Å². The van der Waals surface area contributed by atoms with Crippen LogP contribution in [0.2, 0.25) is 0 Å². The zero-order chi connectivity index (χ0) is 15.0. The highest BCUT2D eigenvalue weighted by Crippen LogP contribution is 2.11. The number of urea groups is 1. The predicted octanol–water partition coefficient (Wildman–Crippen LogP) is 1.02. The fourth-order valence-corrected chi connectivity index (χ4v) is 1.26. The van der Waals surface area contributed by atoms with E-state index in [0.717, 1.165) is 5.56 Å². The molecule has 0 radical (unpaired) electrons. The summed E-state index contributed by atoms with van der Waals surface area (Å²) in [5.74, 6) is 0.113. The van der Waals surface area contributed by atoms with E-state index >= 15 is 0 Å². The second-order valence-electron chi connectivity index (χ2n) is 4.13. The first-order chi connectivity index (χ1) is 9.47. The Morgan fingerprint density at radius 2 is 2.00 bits per heavy atom. The van der Waals surface area contributed by atoms with Crippen LogP contribution in [0, 0.1) is 0 Å². The molecule has 20 heavy (non-hydrogen) atoms. The Morgan fingerprint density at radius 1 is 1.35 bits per heavy atom. The molecule has 1 aromatic carbocycles. The van der Waals surface area contributed by atoms with E-state index in [9.17, 15) is 9.59 Å². The van der Waals surface area contributed by atoms with Gasteiger partial charge in [-0.25, -0.2) is 15.0 Å². The van der Waals surface area contributed by atoms with Crippen molar-refractivity contribution < 1.29 is 19.1 Å². The maximum atomic E-state index is 11.3. The number of primary amides is 1. The maximum Gasteiger partial charge on any atom is 0.344 e. The van der Waals surface area contributed by atoms with Gasteiger partial charge in [-0.15, -0.1) is 0 Å². The van der Waals surface area contributed by atoms with Gasteiger partial charge in [0, 0.05) is 0 Å². The molecule has 1 aromatic rings. The summed E-state index contributed by atoms with van der Waals surface area (Å²) >= 11 is 0. The monoisotopic (exact) mass is 279 g/mol. The van der Waals surface area contributed by atoms with Crippen LogP contribution in [-0.2, 0) is 9.53 Å². The molecule has 3 N–H and O–H groups in total. The Morgan fingerprint density at radius 3 is 2.55 bits per heavy atom. The van der Waals surface area contributed by atoms with E-state index in [2.05, 4.69) is 10.5 Å². The summed E-state index contributed by atoms with van der Waals surface area (Å²) in [7, 11) is 0. The van der Waals surface area contributed by atoms with Gasteiger partial charge < -0.3 is 15.2 Å². The van der Waals surface area contributed by atoms with Gasteiger partial charge in [-0.3, -0.25) is 0 Å². The van der Waals surface area contributed by atoms with Crippen LogP contribution in [0.25, 0.3) is 0 Å². The summed E-state index contributed by atoms with van der Waals surface area (Å²) in [5.41, 5.74) is 7.68. The lowest BCUT2D eigenvalue weighted by molar-refractivity contribution is -0.149. The number of nitrogens with two attached hydrogens (primary N) is 1. The number of rotatable bonds is 6. The van der Waals surface area contributed by atoms with Crippen molar-refractivity contribution in [2.75, 3.05) is 6.61 Å². The van der Waals surface area contributed by atoms with Gasteiger partial charge in [-0.05, 0) is 43.7 Å². The van der Waals surface area contributed by atoms with Gasteiger partial charge in [-0.2, -0.15) is 5.10 Å². The summed E-state index contributed by atoms with van der Waals surface area (Å²) in [6, 6.07) is 6.05. The molecule has 0 unspecified atom stereocenters. The van der Waals surface area contributed by atoms with E-state index < -0.39 is 12.0 Å². The number of carbonyl (C=O) groups excluding carboxylic acids is 2. The van der Waals surface area contributed by atoms with E-state index in [1.54, 1.807) is 38.1 Å². The fraction of sp³-hybridized carbons (Fsp3) is 0.308. The molecule has 0 aromatic heterocycles. The molecule has 1 rings (SSSR count). The SMILES string of the molecule is CC(C)OC(=O)COc1ccc(C=NNC(N)=O)cc1. The highest BCUT2D eigenvalue weighted by atomic mass is 16.6. The summed E-state index contributed by atoms with van der Waals surface area (Å²) in [6.07, 6.45) is 1.27. The van der Waals surface area contributed by atoms with Gasteiger partial charge in [-0.1, -0.05) is 0 Å². The minimum Gasteiger partial charge on any atom is -0.482 e. The van der Waals surface area contributed by atoms with Crippen LogP contribution in [0.3, 0.4) is 0 Å². The number of benzene rings is 1. The van der Waals surface area contributed by atoms with Crippen LogP contribution in [-0.4, -0.2) is 30.9 Å². The van der Waals surface area contributed by atoms with Crippen molar-refractivity contribution in [3.8, 4) is 5.75 Å². The number of esters is 1. The first kappa shape index (κ1) is 15.5. The smallest absolute Gasteiger partial charge is 0.344 e. The molecular weight excluding hydrogens is 262 g/mol. The minimum atomic E-state index is -0.732. The lowest BCUT2D eigenvalue weighted by atomic mass is 10.2. The number of hydrazone groups is 1. The standard InChI is InChI=1S/C13H17N3O4/c1-9(2)20-12(17)8-19-11-5-3-10(4-6-11)7-15-16-13(14)18/h3-7,9H,8H2,1-2H3,(H3,14,16,18). The van der Waals surface area contributed by atoms with Crippen molar-refractivity contribution in [3.05, 3.63) is 29.8 Å². The fourth-order valence-electron chi connectivity index (χ4n) is 1.26. The molecule has 0 saturated heterocycles. The zero-order valence-electron chi connectivity index (χ0n) is 11.3. The quantitative estimate of drug-likeness (QED) is 0.461. The average molecular weight is 279 g/mol. The summed E-state index contributed by atoms with van der Waals surface area (Å²) < 4.78 is 10.2. The highest BCUT2D eigenvalue weighted by molar-refractivity contribution is 5.81. The first-order valence-corrected chi connectivity index (χ1v) is 5.98. The average Bonchev–Trinajstić information content (AvgIpc) is 2.36. The number of hydrogen-bond donors (Lipinski definition) is 2. The van der Waals surface area contributed by atoms with Crippen molar-refractivity contribution in [2.24, 2.45) is 10.8 Å². The van der Waals surface area contributed by atoms with Crippen LogP contribution in [0.1, 0.15) is 19.4 Å². The topological polar surface area (TPSA) is 103 Å². The molecule has 0 spiro atoms. The molecule has 0 aliphatic carbocycles. The molecule has 7 heteroatoms. The Kier molecular flexibility index (Phi) is 6.02. The van der Waals surface area contributed by atoms with Crippen molar-refractivity contribution in [2.45, 2.75) is 20.0 Å². The molecule has 0 heterocycles. The number of amides is 2. The van der Waals surface area contributed by atoms with Crippen molar-refractivity contribution >= 4 is 18.2 Å². The molecule has 0 aliphatic rings. The minimum absolute atomic E-state index is 0.144. The molecule has 0 fully saturated rings. The summed E-state index contributed by atoms with van der Waals surface area (Å²) in [4.78, 5) is 21.7. The molecule has 108 valence electrons. The highest BCUT2D eigenvalue weighted by Gasteiger charge is 2.06. The van der Waals surface area contributed by atoms with Crippen LogP contribution in [0.4, 0.5) is 4.79 Å². The Bertz CT molecular complexity index is 483. The molecule has 0 aliphatic heterocycles. The van der Waals surface area contributed by atoms with Crippen LogP contribution in [0.5, 0.6) is 5.75 Å².